The molecule has 88 valence electrons. The Morgan fingerprint density at radius 2 is 2.13 bits per heavy atom. The number of hydrogen-bond donors (Lipinski definition) is 2. The summed E-state index contributed by atoms with van der Waals surface area (Å²) in [5.41, 5.74) is 0. The molecule has 2 unspecified atom stereocenters. The number of sulfone groups is 1. The Balaban J connectivity index is 2.23. The third kappa shape index (κ3) is 5.13. The van der Waals surface area contributed by atoms with Crippen LogP contribution in [0, 0.1) is 5.92 Å². The molecule has 15 heavy (non-hydrogen) atoms. The Labute approximate surface area is 89.8 Å². The van der Waals surface area contributed by atoms with Crippen LogP contribution in [0.2, 0.25) is 0 Å². The van der Waals surface area contributed by atoms with Gasteiger partial charge < -0.3 is 10.4 Å². The number of aliphatic hydroxyl groups is 1. The van der Waals surface area contributed by atoms with Crippen LogP contribution in [0.4, 0.5) is 0 Å². The van der Waals surface area contributed by atoms with Crippen molar-refractivity contribution < 1.29 is 18.3 Å². The van der Waals surface area contributed by atoms with Gasteiger partial charge >= 0.3 is 0 Å². The minimum atomic E-state index is -3.24. The SMILES string of the molecule is CS(=O)(=O)CC(=O)NCC1CCC(O)C1. The molecule has 6 heteroatoms. The smallest absolute Gasteiger partial charge is 0.235 e. The second-order valence-corrected chi connectivity index (χ2v) is 6.35. The molecule has 5 nitrogen and oxygen atoms in total. The molecule has 2 atom stereocenters. The normalized spacial score (nSPS) is 26.5. The van der Waals surface area contributed by atoms with E-state index in [2.05, 4.69) is 5.32 Å². The highest BCUT2D eigenvalue weighted by Crippen LogP contribution is 2.24. The maximum Gasteiger partial charge on any atom is 0.235 e. The van der Waals surface area contributed by atoms with Gasteiger partial charge in [0.25, 0.3) is 0 Å². The summed E-state index contributed by atoms with van der Waals surface area (Å²) in [6, 6.07) is 0. The van der Waals surface area contributed by atoms with E-state index in [9.17, 15) is 18.3 Å². The minimum absolute atomic E-state index is 0.262. The summed E-state index contributed by atoms with van der Waals surface area (Å²) >= 11 is 0. The zero-order chi connectivity index (χ0) is 11.5. The van der Waals surface area contributed by atoms with Crippen LogP contribution in [0.15, 0.2) is 0 Å². The molecule has 0 radical (unpaired) electrons. The Bertz CT molecular complexity index is 325. The standard InChI is InChI=1S/C9H17NO4S/c1-15(13,14)6-9(12)10-5-7-2-3-8(11)4-7/h7-8,11H,2-6H2,1H3,(H,10,12). The number of nitrogens with one attached hydrogen (secondary N) is 1. The van der Waals surface area contributed by atoms with Crippen LogP contribution in [0.25, 0.3) is 0 Å². The highest BCUT2D eigenvalue weighted by molar-refractivity contribution is 7.91. The molecule has 0 aromatic rings. The zero-order valence-electron chi connectivity index (χ0n) is 8.77. The van der Waals surface area contributed by atoms with Crippen molar-refractivity contribution in [1.29, 1.82) is 0 Å². The lowest BCUT2D eigenvalue weighted by atomic mass is 10.1. The van der Waals surface area contributed by atoms with Gasteiger partial charge in [0.15, 0.2) is 9.84 Å². The topological polar surface area (TPSA) is 83.5 Å². The Hall–Kier alpha value is -0.620. The van der Waals surface area contributed by atoms with E-state index in [4.69, 9.17) is 0 Å². The van der Waals surface area contributed by atoms with Crippen molar-refractivity contribution in [1.82, 2.24) is 5.32 Å². The third-order valence-electron chi connectivity index (χ3n) is 2.49. The zero-order valence-corrected chi connectivity index (χ0v) is 9.59. The maximum atomic E-state index is 11.1. The summed E-state index contributed by atoms with van der Waals surface area (Å²) in [5.74, 6) is -0.634. The Kier molecular flexibility index (Phi) is 4.10. The lowest BCUT2D eigenvalue weighted by Crippen LogP contribution is -2.33. The van der Waals surface area contributed by atoms with Crippen molar-refractivity contribution in [2.45, 2.75) is 25.4 Å². The summed E-state index contributed by atoms with van der Waals surface area (Å²) in [6.07, 6.45) is 3.12. The van der Waals surface area contributed by atoms with Gasteiger partial charge in [-0.15, -0.1) is 0 Å². The van der Waals surface area contributed by atoms with Gasteiger partial charge in [-0.05, 0) is 25.2 Å². The van der Waals surface area contributed by atoms with Gasteiger partial charge in [-0.25, -0.2) is 8.42 Å². The minimum Gasteiger partial charge on any atom is -0.393 e. The molecule has 1 rings (SSSR count). The van der Waals surface area contributed by atoms with Crippen molar-refractivity contribution in [2.24, 2.45) is 5.92 Å². The van der Waals surface area contributed by atoms with E-state index in [0.717, 1.165) is 19.1 Å². The van der Waals surface area contributed by atoms with E-state index < -0.39 is 21.5 Å². The molecule has 1 aliphatic carbocycles. The average Bonchev–Trinajstić information content (AvgIpc) is 2.45. The van der Waals surface area contributed by atoms with E-state index in [1.54, 1.807) is 0 Å². The van der Waals surface area contributed by atoms with Gasteiger partial charge in [0.2, 0.25) is 5.91 Å². The molecule has 0 heterocycles. The van der Waals surface area contributed by atoms with Crippen LogP contribution in [0.1, 0.15) is 19.3 Å². The molecule has 0 aromatic carbocycles. The van der Waals surface area contributed by atoms with Gasteiger partial charge in [0.05, 0.1) is 6.10 Å². The number of rotatable bonds is 4. The first-order valence-corrected chi connectivity index (χ1v) is 7.05. The van der Waals surface area contributed by atoms with E-state index >= 15 is 0 Å². The highest BCUT2D eigenvalue weighted by Gasteiger charge is 2.23. The molecule has 0 bridgehead atoms. The molecule has 1 saturated carbocycles. The van der Waals surface area contributed by atoms with Gasteiger partial charge in [0.1, 0.15) is 5.75 Å². The molecule has 1 aliphatic rings. The number of carbonyl (C=O) groups is 1. The first-order valence-electron chi connectivity index (χ1n) is 4.99. The third-order valence-corrected chi connectivity index (χ3v) is 3.28. The molecular weight excluding hydrogens is 218 g/mol. The molecule has 1 amide bonds. The fourth-order valence-electron chi connectivity index (χ4n) is 1.78. The van der Waals surface area contributed by atoms with E-state index in [1.165, 1.54) is 0 Å². The quantitative estimate of drug-likeness (QED) is 0.675. The monoisotopic (exact) mass is 235 g/mol. The van der Waals surface area contributed by atoms with Crippen molar-refractivity contribution in [3.05, 3.63) is 0 Å². The van der Waals surface area contributed by atoms with Crippen molar-refractivity contribution in [3.8, 4) is 0 Å². The fourth-order valence-corrected chi connectivity index (χ4v) is 2.36. The van der Waals surface area contributed by atoms with Crippen LogP contribution in [-0.4, -0.2) is 44.1 Å². The van der Waals surface area contributed by atoms with E-state index in [-0.39, 0.29) is 12.0 Å². The van der Waals surface area contributed by atoms with Crippen LogP contribution >= 0.6 is 0 Å². The first kappa shape index (κ1) is 12.4. The first-order chi connectivity index (χ1) is 6.87. The number of aliphatic hydroxyl groups excluding tert-OH is 1. The van der Waals surface area contributed by atoms with Gasteiger partial charge in [-0.2, -0.15) is 0 Å². The van der Waals surface area contributed by atoms with Gasteiger partial charge in [-0.3, -0.25) is 4.79 Å². The van der Waals surface area contributed by atoms with Crippen molar-refractivity contribution in [2.75, 3.05) is 18.6 Å². The maximum absolute atomic E-state index is 11.1. The van der Waals surface area contributed by atoms with Crippen molar-refractivity contribution in [3.63, 3.8) is 0 Å². The number of carbonyl (C=O) groups excluding carboxylic acids is 1. The number of amides is 1. The molecule has 0 aromatic heterocycles. The Morgan fingerprint density at radius 3 is 2.60 bits per heavy atom. The van der Waals surface area contributed by atoms with E-state index in [0.29, 0.717) is 13.0 Å². The molecule has 1 fully saturated rings. The van der Waals surface area contributed by atoms with Crippen molar-refractivity contribution >= 4 is 15.7 Å². The van der Waals surface area contributed by atoms with Crippen LogP contribution in [0.5, 0.6) is 0 Å². The lowest BCUT2D eigenvalue weighted by molar-refractivity contribution is -0.118. The average molecular weight is 235 g/mol. The summed E-state index contributed by atoms with van der Waals surface area (Å²) < 4.78 is 21.6. The Morgan fingerprint density at radius 1 is 1.47 bits per heavy atom. The van der Waals surface area contributed by atoms with Crippen LogP contribution in [-0.2, 0) is 14.6 Å². The second-order valence-electron chi connectivity index (χ2n) is 4.21. The summed E-state index contributed by atoms with van der Waals surface area (Å²) in [4.78, 5) is 11.1. The summed E-state index contributed by atoms with van der Waals surface area (Å²) in [5, 5.41) is 11.8. The van der Waals surface area contributed by atoms with Gasteiger partial charge in [-0.1, -0.05) is 0 Å². The predicted octanol–water partition coefficient (Wildman–Crippen LogP) is -0.692. The highest BCUT2D eigenvalue weighted by atomic mass is 32.2. The van der Waals surface area contributed by atoms with Crippen LogP contribution in [0.3, 0.4) is 0 Å². The molecular formula is C9H17NO4S. The molecule has 0 saturated heterocycles. The lowest BCUT2D eigenvalue weighted by Gasteiger charge is -2.10. The molecule has 0 spiro atoms. The summed E-state index contributed by atoms with van der Waals surface area (Å²) in [7, 11) is -3.24. The molecule has 0 aliphatic heterocycles. The summed E-state index contributed by atoms with van der Waals surface area (Å²) in [6.45, 7) is 0.464. The largest absolute Gasteiger partial charge is 0.393 e. The fraction of sp³-hybridized carbons (Fsp3) is 0.889. The second kappa shape index (κ2) is 4.94. The van der Waals surface area contributed by atoms with E-state index in [1.807, 2.05) is 0 Å². The predicted molar refractivity (Wildman–Crippen MR) is 56.1 cm³/mol. The molecule has 2 N–H and O–H groups in total. The van der Waals surface area contributed by atoms with Gasteiger partial charge in [0, 0.05) is 12.8 Å². The number of hydrogen-bond acceptors (Lipinski definition) is 4. The van der Waals surface area contributed by atoms with Crippen LogP contribution < -0.4 is 5.32 Å².